The van der Waals surface area contributed by atoms with Gasteiger partial charge >= 0.3 is 11.9 Å². The molecule has 1 aliphatic rings. The molecule has 41 heavy (non-hydrogen) atoms. The van der Waals surface area contributed by atoms with Crippen molar-refractivity contribution in [1.29, 1.82) is 0 Å². The van der Waals surface area contributed by atoms with Crippen LogP contribution < -0.4 is 14.4 Å². The molecule has 1 unspecified atom stereocenters. The predicted molar refractivity (Wildman–Crippen MR) is 152 cm³/mol. The monoisotopic (exact) mass is 582 g/mol. The summed E-state index contributed by atoms with van der Waals surface area (Å²) in [6.07, 6.45) is 0.830. The number of hydrogen-bond acceptors (Lipinski definition) is 9. The Bertz CT molecular complexity index is 1500. The van der Waals surface area contributed by atoms with Gasteiger partial charge in [-0.05, 0) is 68.1 Å². The zero-order valence-electron chi connectivity index (χ0n) is 23.4. The number of methoxy groups -OCH3 is 1. The Kier molecular flexibility index (Phi) is 9.07. The first kappa shape index (κ1) is 29.7. The molecule has 2 heterocycles. The molecular weight excluding hydrogens is 551 g/mol. The number of nitrogens with zero attached hydrogens (tertiary/aromatic N) is 2. The van der Waals surface area contributed by atoms with E-state index >= 15 is 0 Å². The number of Topliss-reactive ketones (excluding diaryl/α,β-unsaturated/α-hetero) is 1. The fourth-order valence-electron chi connectivity index (χ4n) is 4.36. The first-order chi connectivity index (χ1) is 19.6. The van der Waals surface area contributed by atoms with Gasteiger partial charge in [0, 0.05) is 5.56 Å². The molecule has 11 heteroatoms. The van der Waals surface area contributed by atoms with Crippen molar-refractivity contribution in [2.45, 2.75) is 40.2 Å². The van der Waals surface area contributed by atoms with Gasteiger partial charge in [-0.25, -0.2) is 14.2 Å². The standard InChI is InChI=1S/C30H31FN2O7S/c1-6-39-22-15-19(9-12-21(22)40-14-13-16(2)3)24-23(25(34)18-7-10-20(31)11-8-18)26(35)28(36)33(24)30-32-17(4)27(41-30)29(37)38-5/h7-12,15-16,24,34H,6,13-14H2,1-5H3/b25-23+. The number of aliphatic hydroxyl groups is 1. The molecule has 0 radical (unpaired) electrons. The van der Waals surface area contributed by atoms with Crippen molar-refractivity contribution in [3.8, 4) is 11.5 Å². The molecular formula is C30H31FN2O7S. The number of carbonyl (C=O) groups excluding carboxylic acids is 3. The Balaban J connectivity index is 1.89. The van der Waals surface area contributed by atoms with E-state index in [2.05, 4.69) is 18.8 Å². The highest BCUT2D eigenvalue weighted by atomic mass is 32.1. The molecule has 3 aromatic rings. The van der Waals surface area contributed by atoms with E-state index in [1.807, 2.05) is 6.92 Å². The number of ether oxygens (including phenoxy) is 3. The molecule has 4 rings (SSSR count). The number of hydrogen-bond donors (Lipinski definition) is 1. The quantitative estimate of drug-likeness (QED) is 0.138. The lowest BCUT2D eigenvalue weighted by Gasteiger charge is -2.24. The lowest BCUT2D eigenvalue weighted by Crippen LogP contribution is -2.29. The Hall–Kier alpha value is -4.25. The number of anilines is 1. The summed E-state index contributed by atoms with van der Waals surface area (Å²) < 4.78 is 30.2. The van der Waals surface area contributed by atoms with Crippen LogP contribution in [0, 0.1) is 18.7 Å². The van der Waals surface area contributed by atoms with Crippen LogP contribution in [-0.4, -0.2) is 48.1 Å². The van der Waals surface area contributed by atoms with Gasteiger partial charge in [-0.1, -0.05) is 31.3 Å². The Morgan fingerprint density at radius 3 is 2.46 bits per heavy atom. The van der Waals surface area contributed by atoms with Crippen molar-refractivity contribution in [2.75, 3.05) is 25.2 Å². The molecule has 2 aromatic carbocycles. The number of amides is 1. The van der Waals surface area contributed by atoms with Crippen molar-refractivity contribution < 1.29 is 38.1 Å². The topological polar surface area (TPSA) is 115 Å². The minimum absolute atomic E-state index is 0.0726. The highest BCUT2D eigenvalue weighted by molar-refractivity contribution is 7.17. The van der Waals surface area contributed by atoms with Gasteiger partial charge in [-0.3, -0.25) is 14.5 Å². The molecule has 1 amide bonds. The van der Waals surface area contributed by atoms with E-state index in [0.29, 0.717) is 41.9 Å². The average Bonchev–Trinajstić information content (AvgIpc) is 3.45. The number of aliphatic hydroxyl groups excluding tert-OH is 1. The van der Waals surface area contributed by atoms with E-state index in [0.717, 1.165) is 34.8 Å². The summed E-state index contributed by atoms with van der Waals surface area (Å²) >= 11 is 0.894. The third kappa shape index (κ3) is 6.09. The van der Waals surface area contributed by atoms with E-state index in [4.69, 9.17) is 14.2 Å². The largest absolute Gasteiger partial charge is 0.507 e. The van der Waals surface area contributed by atoms with Gasteiger partial charge in [0.25, 0.3) is 5.78 Å². The third-order valence-corrected chi connectivity index (χ3v) is 7.60. The second-order valence-corrected chi connectivity index (χ2v) is 10.7. The highest BCUT2D eigenvalue weighted by Gasteiger charge is 2.48. The summed E-state index contributed by atoms with van der Waals surface area (Å²) in [6.45, 7) is 8.38. The summed E-state index contributed by atoms with van der Waals surface area (Å²) in [7, 11) is 1.23. The Morgan fingerprint density at radius 1 is 1.12 bits per heavy atom. The lowest BCUT2D eigenvalue weighted by atomic mass is 9.95. The first-order valence-corrected chi connectivity index (χ1v) is 13.9. The number of aromatic nitrogens is 1. The molecule has 0 spiro atoms. The van der Waals surface area contributed by atoms with E-state index in [1.165, 1.54) is 19.2 Å². The average molecular weight is 583 g/mol. The summed E-state index contributed by atoms with van der Waals surface area (Å²) in [5.74, 6) is -2.22. The van der Waals surface area contributed by atoms with E-state index in [-0.39, 0.29) is 21.1 Å². The first-order valence-electron chi connectivity index (χ1n) is 13.1. The molecule has 9 nitrogen and oxygen atoms in total. The maximum Gasteiger partial charge on any atom is 0.350 e. The van der Waals surface area contributed by atoms with Crippen LogP contribution in [0.1, 0.15) is 59.7 Å². The fraction of sp³-hybridized carbons (Fsp3) is 0.333. The van der Waals surface area contributed by atoms with Crippen molar-refractivity contribution in [3.05, 3.63) is 75.6 Å². The Morgan fingerprint density at radius 2 is 1.83 bits per heavy atom. The number of rotatable bonds is 10. The van der Waals surface area contributed by atoms with E-state index < -0.39 is 35.3 Å². The second kappa shape index (κ2) is 12.5. The van der Waals surface area contributed by atoms with E-state index in [1.54, 1.807) is 25.1 Å². The summed E-state index contributed by atoms with van der Waals surface area (Å²) in [6, 6.07) is 8.79. The van der Waals surface area contributed by atoms with Gasteiger partial charge in [0.15, 0.2) is 16.6 Å². The maximum absolute atomic E-state index is 13.6. The molecule has 216 valence electrons. The van der Waals surface area contributed by atoms with Crippen LogP contribution in [0.15, 0.2) is 48.0 Å². The smallest absolute Gasteiger partial charge is 0.350 e. The van der Waals surface area contributed by atoms with Gasteiger partial charge in [-0.2, -0.15) is 0 Å². The molecule has 1 saturated heterocycles. The molecule has 1 aromatic heterocycles. The van der Waals surface area contributed by atoms with Gasteiger partial charge in [-0.15, -0.1) is 0 Å². The number of carbonyl (C=O) groups is 3. The molecule has 1 aliphatic heterocycles. The molecule has 1 fully saturated rings. The fourth-order valence-corrected chi connectivity index (χ4v) is 5.37. The molecule has 0 saturated carbocycles. The van der Waals surface area contributed by atoms with Crippen molar-refractivity contribution in [1.82, 2.24) is 4.98 Å². The Labute approximate surface area is 241 Å². The van der Waals surface area contributed by atoms with Crippen LogP contribution in [0.2, 0.25) is 0 Å². The van der Waals surface area contributed by atoms with Crippen LogP contribution >= 0.6 is 11.3 Å². The summed E-state index contributed by atoms with van der Waals surface area (Å²) in [5, 5.41) is 11.4. The number of ketones is 1. The number of aryl methyl sites for hydroxylation is 1. The van der Waals surface area contributed by atoms with Crippen LogP contribution in [0.5, 0.6) is 11.5 Å². The maximum atomic E-state index is 13.6. The molecule has 0 bridgehead atoms. The zero-order valence-corrected chi connectivity index (χ0v) is 24.2. The second-order valence-electron chi connectivity index (χ2n) is 9.75. The lowest BCUT2D eigenvalue weighted by molar-refractivity contribution is -0.132. The zero-order chi connectivity index (χ0) is 29.8. The minimum atomic E-state index is -1.14. The third-order valence-electron chi connectivity index (χ3n) is 6.46. The van der Waals surface area contributed by atoms with Gasteiger partial charge < -0.3 is 19.3 Å². The number of halogens is 1. The van der Waals surface area contributed by atoms with Gasteiger partial charge in [0.05, 0.1) is 37.6 Å². The van der Waals surface area contributed by atoms with Crippen LogP contribution in [0.3, 0.4) is 0 Å². The van der Waals surface area contributed by atoms with Crippen molar-refractivity contribution >= 4 is 39.9 Å². The number of esters is 1. The molecule has 0 aliphatic carbocycles. The van der Waals surface area contributed by atoms with Crippen LogP contribution in [0.25, 0.3) is 5.76 Å². The van der Waals surface area contributed by atoms with Crippen LogP contribution in [-0.2, 0) is 14.3 Å². The van der Waals surface area contributed by atoms with E-state index in [9.17, 15) is 23.9 Å². The van der Waals surface area contributed by atoms with Crippen molar-refractivity contribution in [3.63, 3.8) is 0 Å². The van der Waals surface area contributed by atoms with Gasteiger partial charge in [0.1, 0.15) is 16.5 Å². The SMILES string of the molecule is CCOc1cc(C2/C(=C(\O)c3ccc(F)cc3)C(=O)C(=O)N2c2nc(C)c(C(=O)OC)s2)ccc1OCCC(C)C. The van der Waals surface area contributed by atoms with Crippen LogP contribution in [0.4, 0.5) is 9.52 Å². The summed E-state index contributed by atoms with van der Waals surface area (Å²) in [4.78, 5) is 45.0. The van der Waals surface area contributed by atoms with Crippen molar-refractivity contribution in [2.24, 2.45) is 5.92 Å². The summed E-state index contributed by atoms with van der Waals surface area (Å²) in [5.41, 5.74) is 0.684. The highest BCUT2D eigenvalue weighted by Crippen LogP contribution is 2.45. The van der Waals surface area contributed by atoms with Gasteiger partial charge in [0.2, 0.25) is 0 Å². The minimum Gasteiger partial charge on any atom is -0.507 e. The molecule has 1 atom stereocenters. The normalized spacial score (nSPS) is 16.4. The predicted octanol–water partition coefficient (Wildman–Crippen LogP) is 5.83. The molecule has 1 N–H and O–H groups in total. The number of thiazole rings is 1. The number of benzene rings is 2.